The molecule has 1 N–H and O–H groups in total. The third kappa shape index (κ3) is 4.86. The highest BCUT2D eigenvalue weighted by molar-refractivity contribution is 5.81. The predicted molar refractivity (Wildman–Crippen MR) is 102 cm³/mol. The smallest absolute Gasteiger partial charge is 0.261 e. The molecule has 1 amide bonds. The Morgan fingerprint density at radius 3 is 2.44 bits per heavy atom. The van der Waals surface area contributed by atoms with Gasteiger partial charge < -0.3 is 14.8 Å². The topological polar surface area (TPSA) is 47.6 Å². The fraction of sp³-hybridized carbons (Fsp3) is 0.409. The third-order valence-electron chi connectivity index (χ3n) is 5.19. The van der Waals surface area contributed by atoms with Crippen LogP contribution in [0.5, 0.6) is 5.75 Å². The standard InChI is InChI=1S/C22H26FNO3/c1-2-20(27-19-10-8-18(23)9-11-19)21(25)24-16-22(12-14-26-15-13-22)17-6-4-3-5-7-17/h3-11,20H,2,12-16H2,1H3,(H,24,25)/t20-/m1/s1. The molecule has 27 heavy (non-hydrogen) atoms. The van der Waals surface area contributed by atoms with E-state index in [1.54, 1.807) is 0 Å². The number of carbonyl (C=O) groups excluding carboxylic acids is 1. The summed E-state index contributed by atoms with van der Waals surface area (Å²) < 4.78 is 24.3. The first-order valence-electron chi connectivity index (χ1n) is 9.46. The van der Waals surface area contributed by atoms with Gasteiger partial charge in [-0.1, -0.05) is 37.3 Å². The number of nitrogens with one attached hydrogen (secondary N) is 1. The van der Waals surface area contributed by atoms with Gasteiger partial charge in [-0.3, -0.25) is 4.79 Å². The molecule has 1 fully saturated rings. The summed E-state index contributed by atoms with van der Waals surface area (Å²) in [6, 6.07) is 16.0. The number of hydrogen-bond acceptors (Lipinski definition) is 3. The molecule has 0 spiro atoms. The molecule has 0 radical (unpaired) electrons. The molecule has 2 aromatic carbocycles. The van der Waals surface area contributed by atoms with Crippen LogP contribution in [0.25, 0.3) is 0 Å². The highest BCUT2D eigenvalue weighted by Crippen LogP contribution is 2.34. The Kier molecular flexibility index (Phi) is 6.45. The van der Waals surface area contributed by atoms with Crippen LogP contribution in [-0.2, 0) is 14.9 Å². The van der Waals surface area contributed by atoms with Gasteiger partial charge in [-0.2, -0.15) is 0 Å². The van der Waals surface area contributed by atoms with Gasteiger partial charge in [0.05, 0.1) is 0 Å². The summed E-state index contributed by atoms with van der Waals surface area (Å²) in [5, 5.41) is 3.08. The van der Waals surface area contributed by atoms with E-state index < -0.39 is 6.10 Å². The molecule has 1 atom stereocenters. The van der Waals surface area contributed by atoms with E-state index in [1.807, 2.05) is 25.1 Å². The predicted octanol–water partition coefficient (Wildman–Crippen LogP) is 3.85. The summed E-state index contributed by atoms with van der Waals surface area (Å²) in [4.78, 5) is 12.7. The largest absolute Gasteiger partial charge is 0.481 e. The number of rotatable bonds is 7. The lowest BCUT2D eigenvalue weighted by molar-refractivity contribution is -0.128. The van der Waals surface area contributed by atoms with E-state index in [4.69, 9.17) is 9.47 Å². The van der Waals surface area contributed by atoms with Crippen molar-refractivity contribution in [3.63, 3.8) is 0 Å². The van der Waals surface area contributed by atoms with Crippen LogP contribution in [-0.4, -0.2) is 31.8 Å². The SMILES string of the molecule is CC[C@@H](Oc1ccc(F)cc1)C(=O)NCC1(c2ccccc2)CCOCC1. The summed E-state index contributed by atoms with van der Waals surface area (Å²) in [6.07, 6.45) is 1.66. The lowest BCUT2D eigenvalue weighted by Crippen LogP contribution is -2.48. The first-order chi connectivity index (χ1) is 13.1. The number of ether oxygens (including phenoxy) is 2. The van der Waals surface area contributed by atoms with E-state index in [2.05, 4.69) is 17.4 Å². The summed E-state index contributed by atoms with van der Waals surface area (Å²) in [7, 11) is 0. The molecule has 0 aliphatic carbocycles. The van der Waals surface area contributed by atoms with Crippen molar-refractivity contribution in [2.24, 2.45) is 0 Å². The van der Waals surface area contributed by atoms with Crippen molar-refractivity contribution >= 4 is 5.91 Å². The minimum atomic E-state index is -0.608. The van der Waals surface area contributed by atoms with Crippen molar-refractivity contribution in [1.29, 1.82) is 0 Å². The molecule has 5 heteroatoms. The minimum Gasteiger partial charge on any atom is -0.481 e. The van der Waals surface area contributed by atoms with Gasteiger partial charge in [0.1, 0.15) is 11.6 Å². The van der Waals surface area contributed by atoms with Crippen LogP contribution in [0.1, 0.15) is 31.7 Å². The molecule has 3 rings (SSSR count). The molecule has 4 nitrogen and oxygen atoms in total. The lowest BCUT2D eigenvalue weighted by Gasteiger charge is -2.38. The van der Waals surface area contributed by atoms with Crippen LogP contribution in [0.3, 0.4) is 0 Å². The number of halogens is 1. The summed E-state index contributed by atoms with van der Waals surface area (Å²) in [5.74, 6) is 0.00929. The van der Waals surface area contributed by atoms with E-state index >= 15 is 0 Å². The molecule has 0 aromatic heterocycles. The maximum atomic E-state index is 13.0. The highest BCUT2D eigenvalue weighted by Gasteiger charge is 2.35. The summed E-state index contributed by atoms with van der Waals surface area (Å²) >= 11 is 0. The van der Waals surface area contributed by atoms with Gasteiger partial charge in [0.25, 0.3) is 5.91 Å². The van der Waals surface area contributed by atoms with Crippen molar-refractivity contribution in [1.82, 2.24) is 5.32 Å². The molecule has 0 bridgehead atoms. The van der Waals surface area contributed by atoms with Crippen LogP contribution < -0.4 is 10.1 Å². The Morgan fingerprint density at radius 1 is 1.15 bits per heavy atom. The van der Waals surface area contributed by atoms with Crippen molar-refractivity contribution in [3.8, 4) is 5.75 Å². The highest BCUT2D eigenvalue weighted by atomic mass is 19.1. The van der Waals surface area contributed by atoms with Gasteiger partial charge in [0, 0.05) is 25.2 Å². The number of amides is 1. The molecule has 1 aliphatic heterocycles. The van der Waals surface area contributed by atoms with Gasteiger partial charge in [-0.25, -0.2) is 4.39 Å². The second-order valence-electron chi connectivity index (χ2n) is 6.95. The first kappa shape index (κ1) is 19.4. The number of carbonyl (C=O) groups is 1. The van der Waals surface area contributed by atoms with Gasteiger partial charge in [-0.15, -0.1) is 0 Å². The first-order valence-corrected chi connectivity index (χ1v) is 9.46. The van der Waals surface area contributed by atoms with Crippen LogP contribution >= 0.6 is 0 Å². The van der Waals surface area contributed by atoms with Gasteiger partial charge in [0.15, 0.2) is 6.10 Å². The van der Waals surface area contributed by atoms with E-state index in [0.717, 1.165) is 12.8 Å². The monoisotopic (exact) mass is 371 g/mol. The third-order valence-corrected chi connectivity index (χ3v) is 5.19. The van der Waals surface area contributed by atoms with E-state index in [9.17, 15) is 9.18 Å². The second-order valence-corrected chi connectivity index (χ2v) is 6.95. The minimum absolute atomic E-state index is 0.122. The van der Waals surface area contributed by atoms with Crippen LogP contribution in [0.4, 0.5) is 4.39 Å². The Hall–Kier alpha value is -2.40. The van der Waals surface area contributed by atoms with E-state index in [-0.39, 0.29) is 17.1 Å². The molecular formula is C22H26FNO3. The van der Waals surface area contributed by atoms with Crippen molar-refractivity contribution in [2.45, 2.75) is 37.7 Å². The molecule has 0 saturated carbocycles. The molecule has 2 aromatic rings. The average Bonchev–Trinajstić information content (AvgIpc) is 2.73. The fourth-order valence-corrected chi connectivity index (χ4v) is 3.49. The van der Waals surface area contributed by atoms with Gasteiger partial charge in [-0.05, 0) is 49.1 Å². The van der Waals surface area contributed by atoms with E-state index in [1.165, 1.54) is 29.8 Å². The zero-order valence-corrected chi connectivity index (χ0v) is 15.6. The molecule has 0 unspecified atom stereocenters. The lowest BCUT2D eigenvalue weighted by atomic mass is 9.74. The maximum absolute atomic E-state index is 13.0. The Labute approximate surface area is 159 Å². The van der Waals surface area contributed by atoms with Crippen molar-refractivity contribution in [3.05, 3.63) is 66.0 Å². The summed E-state index contributed by atoms with van der Waals surface area (Å²) in [5.41, 5.74) is 1.10. The zero-order chi connectivity index (χ0) is 19.1. The summed E-state index contributed by atoms with van der Waals surface area (Å²) in [6.45, 7) is 3.82. The van der Waals surface area contributed by atoms with E-state index in [0.29, 0.717) is 31.9 Å². The second kappa shape index (κ2) is 9.00. The van der Waals surface area contributed by atoms with Crippen LogP contribution in [0.15, 0.2) is 54.6 Å². The van der Waals surface area contributed by atoms with Crippen LogP contribution in [0, 0.1) is 5.82 Å². The normalized spacial score (nSPS) is 17.1. The Bertz CT molecular complexity index is 727. The molecule has 1 saturated heterocycles. The van der Waals surface area contributed by atoms with Gasteiger partial charge >= 0.3 is 0 Å². The average molecular weight is 371 g/mol. The van der Waals surface area contributed by atoms with Crippen molar-refractivity contribution < 1.29 is 18.7 Å². The maximum Gasteiger partial charge on any atom is 0.261 e. The fourth-order valence-electron chi connectivity index (χ4n) is 3.49. The van der Waals surface area contributed by atoms with Gasteiger partial charge in [0.2, 0.25) is 0 Å². The Morgan fingerprint density at radius 2 is 1.81 bits per heavy atom. The van der Waals surface area contributed by atoms with Crippen LogP contribution in [0.2, 0.25) is 0 Å². The molecule has 144 valence electrons. The zero-order valence-electron chi connectivity index (χ0n) is 15.6. The van der Waals surface area contributed by atoms with Crippen molar-refractivity contribution in [2.75, 3.05) is 19.8 Å². The molecular weight excluding hydrogens is 345 g/mol. The number of benzene rings is 2. The Balaban J connectivity index is 1.66. The quantitative estimate of drug-likeness (QED) is 0.804. The number of hydrogen-bond donors (Lipinski definition) is 1. The molecule has 1 aliphatic rings. The molecule has 1 heterocycles.